The molecule has 0 spiro atoms. The first-order valence-corrected chi connectivity index (χ1v) is 5.13. The lowest BCUT2D eigenvalue weighted by atomic mass is 10.4. The number of nitriles is 1. The molecule has 0 aromatic carbocycles. The summed E-state index contributed by atoms with van der Waals surface area (Å²) in [5, 5.41) is 9.37. The summed E-state index contributed by atoms with van der Waals surface area (Å²) in [5.74, 6) is 0.994. The Morgan fingerprint density at radius 1 is 1.54 bits per heavy atom. The van der Waals surface area contributed by atoms with Crippen molar-refractivity contribution >= 4 is 11.8 Å². The lowest BCUT2D eigenvalue weighted by molar-refractivity contribution is 0.916. The van der Waals surface area contributed by atoms with E-state index >= 15 is 0 Å². The van der Waals surface area contributed by atoms with Gasteiger partial charge in [0.05, 0.1) is 0 Å². The number of thioether (sulfide) groups is 1. The molecule has 0 fully saturated rings. The molecule has 0 unspecified atom stereocenters. The van der Waals surface area contributed by atoms with E-state index in [1.54, 1.807) is 17.8 Å². The van der Waals surface area contributed by atoms with Crippen molar-refractivity contribution in [2.45, 2.75) is 25.4 Å². The number of hydrogen-bond acceptors (Lipinski definition) is 4. The minimum atomic E-state index is 0.450. The van der Waals surface area contributed by atoms with Gasteiger partial charge in [-0.1, -0.05) is 18.7 Å². The van der Waals surface area contributed by atoms with Gasteiger partial charge in [-0.25, -0.2) is 9.97 Å². The molecule has 0 aliphatic carbocycles. The standard InChI is InChI=1S/C9H11N3S/c1-3-4-13-9-11-7(2)5-8(6-10)12-9/h5H,3-4H2,1-2H3. The lowest BCUT2D eigenvalue weighted by Crippen LogP contribution is -1.93. The van der Waals surface area contributed by atoms with Crippen LogP contribution < -0.4 is 0 Å². The van der Waals surface area contributed by atoms with Crippen molar-refractivity contribution in [1.82, 2.24) is 9.97 Å². The van der Waals surface area contributed by atoms with Crippen LogP contribution >= 0.6 is 11.8 Å². The molecule has 1 aromatic rings. The van der Waals surface area contributed by atoms with Crippen LogP contribution in [-0.2, 0) is 0 Å². The molecular formula is C9H11N3S. The summed E-state index contributed by atoms with van der Waals surface area (Å²) in [4.78, 5) is 8.30. The summed E-state index contributed by atoms with van der Waals surface area (Å²) in [6.45, 7) is 3.98. The summed E-state index contributed by atoms with van der Waals surface area (Å²) in [6.07, 6.45) is 1.09. The van der Waals surface area contributed by atoms with Crippen molar-refractivity contribution in [2.24, 2.45) is 0 Å². The Kier molecular flexibility index (Phi) is 3.71. The number of aryl methyl sites for hydroxylation is 1. The smallest absolute Gasteiger partial charge is 0.189 e. The lowest BCUT2D eigenvalue weighted by Gasteiger charge is -1.99. The molecule has 0 radical (unpaired) electrons. The van der Waals surface area contributed by atoms with Gasteiger partial charge in [-0.15, -0.1) is 0 Å². The molecule has 0 aliphatic rings. The number of nitrogens with zero attached hydrogens (tertiary/aromatic N) is 3. The van der Waals surface area contributed by atoms with Gasteiger partial charge in [0.2, 0.25) is 0 Å². The van der Waals surface area contributed by atoms with Gasteiger partial charge in [-0.05, 0) is 19.4 Å². The molecule has 0 saturated heterocycles. The van der Waals surface area contributed by atoms with E-state index in [4.69, 9.17) is 5.26 Å². The fraction of sp³-hybridized carbons (Fsp3) is 0.444. The summed E-state index contributed by atoms with van der Waals surface area (Å²) in [6, 6.07) is 3.71. The van der Waals surface area contributed by atoms with Gasteiger partial charge in [-0.2, -0.15) is 5.26 Å². The highest BCUT2D eigenvalue weighted by atomic mass is 32.2. The Hall–Kier alpha value is -1.08. The van der Waals surface area contributed by atoms with Crippen LogP contribution in [0, 0.1) is 18.3 Å². The van der Waals surface area contributed by atoms with E-state index in [1.165, 1.54) is 0 Å². The average molecular weight is 193 g/mol. The molecule has 1 rings (SSSR count). The van der Waals surface area contributed by atoms with Crippen LogP contribution in [0.3, 0.4) is 0 Å². The van der Waals surface area contributed by atoms with Crippen molar-refractivity contribution in [3.05, 3.63) is 17.5 Å². The number of rotatable bonds is 3. The van der Waals surface area contributed by atoms with Crippen molar-refractivity contribution in [3.8, 4) is 6.07 Å². The van der Waals surface area contributed by atoms with E-state index in [0.29, 0.717) is 10.9 Å². The molecular weight excluding hydrogens is 182 g/mol. The predicted octanol–water partition coefficient (Wildman–Crippen LogP) is 2.16. The minimum Gasteiger partial charge on any atom is -0.228 e. The Morgan fingerprint density at radius 3 is 2.92 bits per heavy atom. The fourth-order valence-electron chi connectivity index (χ4n) is 0.856. The molecule has 68 valence electrons. The normalized spacial score (nSPS) is 9.62. The second-order valence-corrected chi connectivity index (χ2v) is 3.70. The average Bonchev–Trinajstić information content (AvgIpc) is 2.14. The molecule has 0 amide bonds. The van der Waals surface area contributed by atoms with Crippen LogP contribution in [0.5, 0.6) is 0 Å². The predicted molar refractivity (Wildman–Crippen MR) is 52.5 cm³/mol. The van der Waals surface area contributed by atoms with Crippen LogP contribution in [0.4, 0.5) is 0 Å². The van der Waals surface area contributed by atoms with Crippen LogP contribution in [0.2, 0.25) is 0 Å². The van der Waals surface area contributed by atoms with Crippen LogP contribution in [0.15, 0.2) is 11.2 Å². The fourth-order valence-corrected chi connectivity index (χ4v) is 1.61. The molecule has 1 heterocycles. The largest absolute Gasteiger partial charge is 0.228 e. The van der Waals surface area contributed by atoms with Gasteiger partial charge in [0.25, 0.3) is 0 Å². The van der Waals surface area contributed by atoms with E-state index in [0.717, 1.165) is 17.9 Å². The second kappa shape index (κ2) is 4.83. The highest BCUT2D eigenvalue weighted by Crippen LogP contribution is 2.14. The zero-order chi connectivity index (χ0) is 9.68. The quantitative estimate of drug-likeness (QED) is 0.545. The molecule has 1 aromatic heterocycles. The first kappa shape index (κ1) is 10.0. The van der Waals surface area contributed by atoms with E-state index in [1.807, 2.05) is 13.0 Å². The molecule has 13 heavy (non-hydrogen) atoms. The van der Waals surface area contributed by atoms with E-state index in [9.17, 15) is 0 Å². The number of aromatic nitrogens is 2. The van der Waals surface area contributed by atoms with Crippen LogP contribution in [0.25, 0.3) is 0 Å². The number of hydrogen-bond donors (Lipinski definition) is 0. The Balaban J connectivity index is 2.83. The Morgan fingerprint density at radius 2 is 2.31 bits per heavy atom. The molecule has 0 N–H and O–H groups in total. The Labute approximate surface area is 82.2 Å². The molecule has 4 heteroatoms. The van der Waals surface area contributed by atoms with Crippen LogP contribution in [-0.4, -0.2) is 15.7 Å². The van der Waals surface area contributed by atoms with Gasteiger partial charge in [-0.3, -0.25) is 0 Å². The van der Waals surface area contributed by atoms with Gasteiger partial charge >= 0.3 is 0 Å². The highest BCUT2D eigenvalue weighted by Gasteiger charge is 2.00. The van der Waals surface area contributed by atoms with Crippen molar-refractivity contribution in [1.29, 1.82) is 5.26 Å². The maximum absolute atomic E-state index is 8.66. The third-order valence-corrected chi connectivity index (χ3v) is 2.44. The second-order valence-electron chi connectivity index (χ2n) is 2.64. The van der Waals surface area contributed by atoms with Crippen molar-refractivity contribution < 1.29 is 0 Å². The maximum atomic E-state index is 8.66. The van der Waals surface area contributed by atoms with E-state index in [2.05, 4.69) is 16.9 Å². The van der Waals surface area contributed by atoms with Gasteiger partial charge in [0.15, 0.2) is 5.16 Å². The third kappa shape index (κ3) is 3.03. The monoisotopic (exact) mass is 193 g/mol. The SMILES string of the molecule is CCCSc1nc(C)cc(C#N)n1. The highest BCUT2D eigenvalue weighted by molar-refractivity contribution is 7.99. The first-order chi connectivity index (χ1) is 6.26. The zero-order valence-corrected chi connectivity index (χ0v) is 8.56. The maximum Gasteiger partial charge on any atom is 0.189 e. The molecule has 0 saturated carbocycles. The van der Waals surface area contributed by atoms with Gasteiger partial charge < -0.3 is 0 Å². The summed E-state index contributed by atoms with van der Waals surface area (Å²) in [5.41, 5.74) is 1.30. The minimum absolute atomic E-state index is 0.450. The Bertz CT molecular complexity index is 330. The molecule has 3 nitrogen and oxygen atoms in total. The molecule has 0 atom stereocenters. The van der Waals surface area contributed by atoms with Gasteiger partial charge in [0, 0.05) is 11.4 Å². The van der Waals surface area contributed by atoms with E-state index in [-0.39, 0.29) is 0 Å². The summed E-state index contributed by atoms with van der Waals surface area (Å²) < 4.78 is 0. The van der Waals surface area contributed by atoms with Crippen molar-refractivity contribution in [3.63, 3.8) is 0 Å². The van der Waals surface area contributed by atoms with Crippen LogP contribution in [0.1, 0.15) is 24.7 Å². The first-order valence-electron chi connectivity index (χ1n) is 4.15. The molecule has 0 aliphatic heterocycles. The summed E-state index contributed by atoms with van der Waals surface area (Å²) >= 11 is 1.59. The third-order valence-electron chi connectivity index (χ3n) is 1.38. The topological polar surface area (TPSA) is 49.6 Å². The zero-order valence-electron chi connectivity index (χ0n) is 7.74. The van der Waals surface area contributed by atoms with Crippen molar-refractivity contribution in [2.75, 3.05) is 5.75 Å². The summed E-state index contributed by atoms with van der Waals surface area (Å²) in [7, 11) is 0. The van der Waals surface area contributed by atoms with Gasteiger partial charge in [0.1, 0.15) is 11.8 Å². The molecule has 0 bridgehead atoms. The van der Waals surface area contributed by atoms with E-state index < -0.39 is 0 Å².